The number of nitrogens with zero attached hydrogens (tertiary/aromatic N) is 1. The molecule has 0 heterocycles. The molecule has 0 atom stereocenters. The Hall–Kier alpha value is -1.11. The molecule has 1 aromatic carbocycles. The summed E-state index contributed by atoms with van der Waals surface area (Å²) in [5.74, 6) is -0.216. The zero-order chi connectivity index (χ0) is 14.4. The molecule has 1 saturated carbocycles. The number of hydrogen-bond acceptors (Lipinski definition) is 3. The Morgan fingerprint density at radius 1 is 1.42 bits per heavy atom. The summed E-state index contributed by atoms with van der Waals surface area (Å²) in [6, 6.07) is 3.07. The molecule has 5 nitrogen and oxygen atoms in total. The van der Waals surface area contributed by atoms with Gasteiger partial charge in [-0.15, -0.1) is 0 Å². The number of rotatable bonds is 3. The van der Waals surface area contributed by atoms with Crippen molar-refractivity contribution in [2.24, 2.45) is 5.14 Å². The van der Waals surface area contributed by atoms with Gasteiger partial charge in [-0.1, -0.05) is 11.6 Å². The first kappa shape index (κ1) is 14.3. The molecule has 1 fully saturated rings. The summed E-state index contributed by atoms with van der Waals surface area (Å²) in [6.07, 6.45) is 1.97. The number of aryl methyl sites for hydroxylation is 1. The van der Waals surface area contributed by atoms with Crippen LogP contribution in [0.15, 0.2) is 17.0 Å². The second-order valence-corrected chi connectivity index (χ2v) is 6.71. The molecule has 0 aromatic heterocycles. The maximum Gasteiger partial charge on any atom is 0.253 e. The van der Waals surface area contributed by atoms with E-state index in [1.54, 1.807) is 24.9 Å². The smallest absolute Gasteiger partial charge is 0.253 e. The van der Waals surface area contributed by atoms with Gasteiger partial charge in [0.15, 0.2) is 0 Å². The van der Waals surface area contributed by atoms with Gasteiger partial charge in [-0.3, -0.25) is 4.79 Å². The number of halogens is 1. The molecule has 1 aromatic rings. The highest BCUT2D eigenvalue weighted by molar-refractivity contribution is 7.89. The van der Waals surface area contributed by atoms with Crippen LogP contribution in [0.25, 0.3) is 0 Å². The second-order valence-electron chi connectivity index (χ2n) is 4.80. The molecule has 0 saturated heterocycles. The molecule has 2 rings (SSSR count). The molecular formula is C12H15ClN2O3S. The number of carbonyl (C=O) groups is 1. The van der Waals surface area contributed by atoms with Crippen LogP contribution in [0.4, 0.5) is 0 Å². The summed E-state index contributed by atoms with van der Waals surface area (Å²) < 4.78 is 22.9. The van der Waals surface area contributed by atoms with Crippen LogP contribution in [0.1, 0.15) is 28.8 Å². The second kappa shape index (κ2) is 4.77. The highest BCUT2D eigenvalue weighted by atomic mass is 35.5. The van der Waals surface area contributed by atoms with E-state index in [1.807, 2.05) is 0 Å². The highest BCUT2D eigenvalue weighted by Gasteiger charge is 2.31. The Morgan fingerprint density at radius 3 is 2.47 bits per heavy atom. The van der Waals surface area contributed by atoms with Gasteiger partial charge < -0.3 is 4.90 Å². The lowest BCUT2D eigenvalue weighted by Crippen LogP contribution is -2.29. The first-order valence-electron chi connectivity index (χ1n) is 5.82. The van der Waals surface area contributed by atoms with Crippen LogP contribution in [-0.4, -0.2) is 32.3 Å². The first-order chi connectivity index (χ1) is 8.71. The van der Waals surface area contributed by atoms with Gasteiger partial charge in [-0.25, -0.2) is 13.6 Å². The normalized spacial score (nSPS) is 15.4. The molecule has 19 heavy (non-hydrogen) atoms. The number of primary sulfonamides is 1. The van der Waals surface area contributed by atoms with Crippen molar-refractivity contribution < 1.29 is 13.2 Å². The molecule has 104 valence electrons. The van der Waals surface area contributed by atoms with Crippen LogP contribution < -0.4 is 5.14 Å². The summed E-state index contributed by atoms with van der Waals surface area (Å²) in [7, 11) is -2.24. The van der Waals surface area contributed by atoms with Crippen molar-refractivity contribution in [2.75, 3.05) is 7.05 Å². The molecule has 0 radical (unpaired) electrons. The zero-order valence-corrected chi connectivity index (χ0v) is 12.3. The molecule has 1 aliphatic carbocycles. The maximum absolute atomic E-state index is 12.2. The Bertz CT molecular complexity index is 639. The molecule has 0 bridgehead atoms. The number of amides is 1. The van der Waals surface area contributed by atoms with Crippen LogP contribution in [0.2, 0.25) is 5.02 Å². The van der Waals surface area contributed by atoms with Gasteiger partial charge in [0.1, 0.15) is 4.90 Å². The quantitative estimate of drug-likeness (QED) is 0.919. The molecule has 7 heteroatoms. The molecule has 1 amide bonds. The Morgan fingerprint density at radius 2 is 2.00 bits per heavy atom. The predicted molar refractivity (Wildman–Crippen MR) is 72.7 cm³/mol. The molecule has 0 spiro atoms. The van der Waals surface area contributed by atoms with Gasteiger partial charge in [0, 0.05) is 18.7 Å². The van der Waals surface area contributed by atoms with Crippen molar-refractivity contribution >= 4 is 27.5 Å². The van der Waals surface area contributed by atoms with E-state index >= 15 is 0 Å². The summed E-state index contributed by atoms with van der Waals surface area (Å²) in [6.45, 7) is 1.64. The van der Waals surface area contributed by atoms with Crippen molar-refractivity contribution in [3.05, 3.63) is 28.3 Å². The van der Waals surface area contributed by atoms with Crippen LogP contribution in [0.3, 0.4) is 0 Å². The Kier molecular flexibility index (Phi) is 3.59. The number of nitrogens with two attached hydrogens (primary N) is 1. The van der Waals surface area contributed by atoms with E-state index in [9.17, 15) is 13.2 Å². The fourth-order valence-electron chi connectivity index (χ4n) is 1.90. The molecule has 0 unspecified atom stereocenters. The SMILES string of the molecule is Cc1cc(C(=O)N(C)C2CC2)cc(S(N)(=O)=O)c1Cl. The van der Waals surface area contributed by atoms with E-state index in [2.05, 4.69) is 0 Å². The van der Waals surface area contributed by atoms with Gasteiger partial charge >= 0.3 is 0 Å². The summed E-state index contributed by atoms with van der Waals surface area (Å²) in [5, 5.41) is 5.17. The van der Waals surface area contributed by atoms with Crippen molar-refractivity contribution in [1.82, 2.24) is 4.90 Å². The summed E-state index contributed by atoms with van der Waals surface area (Å²) in [5.41, 5.74) is 0.807. The minimum absolute atomic E-state index is 0.0631. The van der Waals surface area contributed by atoms with Crippen LogP contribution in [0, 0.1) is 6.92 Å². The molecule has 0 aliphatic heterocycles. The molecule has 1 aliphatic rings. The van der Waals surface area contributed by atoms with Gasteiger partial charge in [-0.05, 0) is 37.5 Å². The minimum atomic E-state index is -3.95. The van der Waals surface area contributed by atoms with E-state index < -0.39 is 10.0 Å². The van der Waals surface area contributed by atoms with E-state index in [0.29, 0.717) is 11.1 Å². The van der Waals surface area contributed by atoms with Crippen LogP contribution in [-0.2, 0) is 10.0 Å². The number of carbonyl (C=O) groups excluding carboxylic acids is 1. The minimum Gasteiger partial charge on any atom is -0.339 e. The third-order valence-electron chi connectivity index (χ3n) is 3.19. The van der Waals surface area contributed by atoms with Crippen molar-refractivity contribution in [3.8, 4) is 0 Å². The van der Waals surface area contributed by atoms with Crippen molar-refractivity contribution in [3.63, 3.8) is 0 Å². The lowest BCUT2D eigenvalue weighted by molar-refractivity contribution is 0.0785. The van der Waals surface area contributed by atoms with Crippen LogP contribution >= 0.6 is 11.6 Å². The Labute approximate surface area is 117 Å². The molecular weight excluding hydrogens is 288 g/mol. The lowest BCUT2D eigenvalue weighted by atomic mass is 10.1. The first-order valence-corrected chi connectivity index (χ1v) is 7.74. The fourth-order valence-corrected chi connectivity index (χ4v) is 3.03. The highest BCUT2D eigenvalue weighted by Crippen LogP contribution is 2.29. The standard InChI is InChI=1S/C12H15ClN2O3S/c1-7-5-8(12(16)15(2)9-3-4-9)6-10(11(7)13)19(14,17)18/h5-6,9H,3-4H2,1-2H3,(H2,14,17,18). The van der Waals surface area contributed by atoms with E-state index in [0.717, 1.165) is 12.8 Å². The van der Waals surface area contributed by atoms with Crippen molar-refractivity contribution in [1.29, 1.82) is 0 Å². The lowest BCUT2D eigenvalue weighted by Gasteiger charge is -2.17. The van der Waals surface area contributed by atoms with Gasteiger partial charge in [-0.2, -0.15) is 0 Å². The van der Waals surface area contributed by atoms with E-state index in [-0.39, 0.29) is 21.9 Å². The maximum atomic E-state index is 12.2. The predicted octanol–water partition coefficient (Wildman–Crippen LogP) is 1.53. The molecule has 2 N–H and O–H groups in total. The zero-order valence-electron chi connectivity index (χ0n) is 10.7. The third kappa shape index (κ3) is 2.91. The van der Waals surface area contributed by atoms with Crippen LogP contribution in [0.5, 0.6) is 0 Å². The summed E-state index contributed by atoms with van der Waals surface area (Å²) >= 11 is 5.92. The number of benzene rings is 1. The van der Waals surface area contributed by atoms with Crippen molar-refractivity contribution in [2.45, 2.75) is 30.7 Å². The average Bonchev–Trinajstić information content (AvgIpc) is 3.13. The summed E-state index contributed by atoms with van der Waals surface area (Å²) in [4.78, 5) is 13.6. The van der Waals surface area contributed by atoms with E-state index in [4.69, 9.17) is 16.7 Å². The van der Waals surface area contributed by atoms with Gasteiger partial charge in [0.05, 0.1) is 5.02 Å². The number of hydrogen-bond donors (Lipinski definition) is 1. The Balaban J connectivity index is 2.47. The average molecular weight is 303 g/mol. The largest absolute Gasteiger partial charge is 0.339 e. The fraction of sp³-hybridized carbons (Fsp3) is 0.417. The topological polar surface area (TPSA) is 80.5 Å². The van der Waals surface area contributed by atoms with E-state index in [1.165, 1.54) is 6.07 Å². The number of sulfonamides is 1. The monoisotopic (exact) mass is 302 g/mol. The van der Waals surface area contributed by atoms with Gasteiger partial charge in [0.25, 0.3) is 5.91 Å². The van der Waals surface area contributed by atoms with Gasteiger partial charge in [0.2, 0.25) is 10.0 Å². The third-order valence-corrected chi connectivity index (χ3v) is 4.74.